The Bertz CT molecular complexity index is 435. The number of hydrogen-bond donors (Lipinski definition) is 3. The van der Waals surface area contributed by atoms with Crippen molar-refractivity contribution in [2.75, 3.05) is 0 Å². The van der Waals surface area contributed by atoms with Gasteiger partial charge in [-0.15, -0.1) is 0 Å². The van der Waals surface area contributed by atoms with Gasteiger partial charge in [-0.05, 0) is 23.8 Å². The Morgan fingerprint density at radius 3 is 2.59 bits per heavy atom. The second-order valence-electron chi connectivity index (χ2n) is 3.62. The van der Waals surface area contributed by atoms with E-state index in [-0.39, 0.29) is 11.1 Å². The lowest BCUT2D eigenvalue weighted by atomic mass is 10.00. The van der Waals surface area contributed by atoms with Crippen LogP contribution in [0.5, 0.6) is 0 Å². The van der Waals surface area contributed by atoms with Crippen LogP contribution in [0.2, 0.25) is 0 Å². The van der Waals surface area contributed by atoms with Crippen LogP contribution in [0.3, 0.4) is 0 Å². The molecule has 0 radical (unpaired) electrons. The number of carbonyl (C=O) groups is 2. The van der Waals surface area contributed by atoms with Crippen molar-refractivity contribution in [1.29, 1.82) is 0 Å². The fourth-order valence-corrected chi connectivity index (χ4v) is 1.41. The van der Waals surface area contributed by atoms with Crippen molar-refractivity contribution >= 4 is 12.2 Å². The number of primary amides is 1. The van der Waals surface area contributed by atoms with Gasteiger partial charge in [0.1, 0.15) is 18.2 Å². The molecule has 0 saturated carbocycles. The van der Waals surface area contributed by atoms with E-state index in [0.29, 0.717) is 6.29 Å². The number of halogens is 1. The zero-order chi connectivity index (χ0) is 13.0. The quantitative estimate of drug-likeness (QED) is 0.627. The molecule has 6 heteroatoms. The fraction of sp³-hybridized carbons (Fsp3) is 0.273. The summed E-state index contributed by atoms with van der Waals surface area (Å²) in [4.78, 5) is 21.1. The first-order valence-corrected chi connectivity index (χ1v) is 4.84. The third-order valence-electron chi connectivity index (χ3n) is 2.19. The van der Waals surface area contributed by atoms with E-state index in [1.54, 1.807) is 0 Å². The third kappa shape index (κ3) is 3.61. The maximum Gasteiger partial charge on any atom is 0.220 e. The molecular weight excluding hydrogens is 229 g/mol. The van der Waals surface area contributed by atoms with Crippen LogP contribution in [0.1, 0.15) is 28.4 Å². The molecule has 2 atom stereocenters. The second-order valence-corrected chi connectivity index (χ2v) is 3.62. The van der Waals surface area contributed by atoms with Crippen LogP contribution < -0.4 is 5.73 Å². The summed E-state index contributed by atoms with van der Waals surface area (Å²) in [6, 6.07) is 3.19. The standard InChI is InChI=1S/C11H12FNO4/c12-8-2-6(5-14)1-7(3-8)11(17)9(15)4-10(13)16/h1-3,5,9,11,15,17H,4H2,(H2,13,16). The first kappa shape index (κ1) is 13.3. The van der Waals surface area contributed by atoms with Crippen LogP contribution in [0.15, 0.2) is 18.2 Å². The van der Waals surface area contributed by atoms with E-state index in [1.165, 1.54) is 6.07 Å². The zero-order valence-electron chi connectivity index (χ0n) is 8.84. The normalized spacial score (nSPS) is 14.1. The maximum atomic E-state index is 13.1. The van der Waals surface area contributed by atoms with Crippen LogP contribution in [0.4, 0.5) is 4.39 Å². The number of aliphatic hydroxyl groups excluding tert-OH is 2. The number of hydrogen-bond acceptors (Lipinski definition) is 4. The minimum absolute atomic E-state index is 0.0147. The molecule has 0 bridgehead atoms. The van der Waals surface area contributed by atoms with E-state index >= 15 is 0 Å². The van der Waals surface area contributed by atoms with Gasteiger partial charge < -0.3 is 15.9 Å². The first-order chi connectivity index (χ1) is 7.93. The van der Waals surface area contributed by atoms with Crippen LogP contribution in [-0.4, -0.2) is 28.5 Å². The molecule has 17 heavy (non-hydrogen) atoms. The van der Waals surface area contributed by atoms with Gasteiger partial charge in [-0.25, -0.2) is 4.39 Å². The minimum atomic E-state index is -1.48. The smallest absolute Gasteiger partial charge is 0.220 e. The Kier molecular flexibility index (Phi) is 4.30. The van der Waals surface area contributed by atoms with E-state index in [9.17, 15) is 24.2 Å². The van der Waals surface area contributed by atoms with Crippen molar-refractivity contribution in [3.05, 3.63) is 35.1 Å². The third-order valence-corrected chi connectivity index (χ3v) is 2.19. The molecule has 4 N–H and O–H groups in total. The highest BCUT2D eigenvalue weighted by Gasteiger charge is 2.21. The number of rotatable bonds is 5. The zero-order valence-corrected chi connectivity index (χ0v) is 8.84. The molecular formula is C11H12FNO4. The number of benzene rings is 1. The molecule has 0 spiro atoms. The van der Waals surface area contributed by atoms with E-state index < -0.39 is 30.4 Å². The molecule has 92 valence electrons. The van der Waals surface area contributed by atoms with Crippen LogP contribution in [-0.2, 0) is 4.79 Å². The summed E-state index contributed by atoms with van der Waals surface area (Å²) in [5.74, 6) is -1.50. The maximum absolute atomic E-state index is 13.1. The molecule has 0 heterocycles. The SMILES string of the molecule is NC(=O)CC(O)C(O)c1cc(F)cc(C=O)c1. The number of carbonyl (C=O) groups excluding carboxylic acids is 2. The van der Waals surface area contributed by atoms with Gasteiger partial charge in [-0.3, -0.25) is 9.59 Å². The Labute approximate surface area is 96.7 Å². The van der Waals surface area contributed by atoms with E-state index in [2.05, 4.69) is 0 Å². The van der Waals surface area contributed by atoms with Crippen LogP contribution in [0, 0.1) is 5.82 Å². The molecule has 0 aliphatic carbocycles. The molecule has 0 aromatic heterocycles. The monoisotopic (exact) mass is 241 g/mol. The van der Waals surface area contributed by atoms with Crippen molar-refractivity contribution in [2.45, 2.75) is 18.6 Å². The van der Waals surface area contributed by atoms with Gasteiger partial charge >= 0.3 is 0 Å². The molecule has 1 aromatic carbocycles. The highest BCUT2D eigenvalue weighted by Crippen LogP contribution is 2.20. The Balaban J connectivity index is 2.94. The summed E-state index contributed by atoms with van der Waals surface area (Å²) < 4.78 is 13.1. The number of aliphatic hydroxyl groups is 2. The molecule has 2 unspecified atom stereocenters. The first-order valence-electron chi connectivity index (χ1n) is 4.84. The predicted molar refractivity (Wildman–Crippen MR) is 56.6 cm³/mol. The van der Waals surface area contributed by atoms with E-state index in [0.717, 1.165) is 12.1 Å². The number of aldehydes is 1. The highest BCUT2D eigenvalue weighted by atomic mass is 19.1. The van der Waals surface area contributed by atoms with E-state index in [1.807, 2.05) is 0 Å². The lowest BCUT2D eigenvalue weighted by Crippen LogP contribution is -2.25. The lowest BCUT2D eigenvalue weighted by molar-refractivity contribution is -0.121. The average Bonchev–Trinajstić information content (AvgIpc) is 2.26. The van der Waals surface area contributed by atoms with Crippen molar-refractivity contribution in [3.8, 4) is 0 Å². The van der Waals surface area contributed by atoms with E-state index in [4.69, 9.17) is 5.73 Å². The average molecular weight is 241 g/mol. The molecule has 0 fully saturated rings. The summed E-state index contributed by atoms with van der Waals surface area (Å²) >= 11 is 0. The minimum Gasteiger partial charge on any atom is -0.390 e. The summed E-state index contributed by atoms with van der Waals surface area (Å²) in [5.41, 5.74) is 4.90. The van der Waals surface area contributed by atoms with Gasteiger partial charge in [0.05, 0.1) is 12.5 Å². The molecule has 5 nitrogen and oxygen atoms in total. The molecule has 1 rings (SSSR count). The van der Waals surface area contributed by atoms with Gasteiger partial charge in [-0.2, -0.15) is 0 Å². The van der Waals surface area contributed by atoms with Gasteiger partial charge in [0, 0.05) is 5.56 Å². The largest absolute Gasteiger partial charge is 0.390 e. The second kappa shape index (κ2) is 5.51. The van der Waals surface area contributed by atoms with Gasteiger partial charge in [0.25, 0.3) is 0 Å². The fourth-order valence-electron chi connectivity index (χ4n) is 1.41. The molecule has 0 aliphatic rings. The molecule has 1 aromatic rings. The Morgan fingerprint density at radius 2 is 2.06 bits per heavy atom. The molecule has 0 saturated heterocycles. The summed E-state index contributed by atoms with van der Waals surface area (Å²) in [6.07, 6.45) is -2.95. The highest BCUT2D eigenvalue weighted by molar-refractivity contribution is 5.75. The Morgan fingerprint density at radius 1 is 1.41 bits per heavy atom. The predicted octanol–water partition coefficient (Wildman–Crippen LogP) is -0.0921. The topological polar surface area (TPSA) is 101 Å². The van der Waals surface area contributed by atoms with Crippen molar-refractivity contribution in [1.82, 2.24) is 0 Å². The van der Waals surface area contributed by atoms with Crippen molar-refractivity contribution in [3.63, 3.8) is 0 Å². The van der Waals surface area contributed by atoms with Gasteiger partial charge in [-0.1, -0.05) is 0 Å². The lowest BCUT2D eigenvalue weighted by Gasteiger charge is -2.17. The van der Waals surface area contributed by atoms with Crippen LogP contribution in [0.25, 0.3) is 0 Å². The Hall–Kier alpha value is -1.79. The summed E-state index contributed by atoms with van der Waals surface area (Å²) in [6.45, 7) is 0. The van der Waals surface area contributed by atoms with Crippen molar-refractivity contribution < 1.29 is 24.2 Å². The summed E-state index contributed by atoms with van der Waals surface area (Å²) in [5, 5.41) is 19.1. The summed E-state index contributed by atoms with van der Waals surface area (Å²) in [7, 11) is 0. The van der Waals surface area contributed by atoms with Gasteiger partial charge in [0.15, 0.2) is 0 Å². The van der Waals surface area contributed by atoms with Crippen molar-refractivity contribution in [2.24, 2.45) is 5.73 Å². The molecule has 1 amide bonds. The number of nitrogens with two attached hydrogens (primary N) is 1. The number of amides is 1. The van der Waals surface area contributed by atoms with Gasteiger partial charge in [0.2, 0.25) is 5.91 Å². The van der Waals surface area contributed by atoms with Crippen LogP contribution >= 0.6 is 0 Å². The molecule has 0 aliphatic heterocycles.